The average molecular weight is 424 g/mol. The number of benzene rings is 2. The zero-order chi connectivity index (χ0) is 21.0. The Morgan fingerprint density at radius 3 is 2.67 bits per heavy atom. The van der Waals surface area contributed by atoms with Crippen LogP contribution in [-0.2, 0) is 5.54 Å². The van der Waals surface area contributed by atoms with Gasteiger partial charge in [-0.3, -0.25) is 4.79 Å². The smallest absolute Gasteiger partial charge is 0.252 e. The Hall–Kier alpha value is -2.50. The van der Waals surface area contributed by atoms with E-state index in [1.807, 2.05) is 37.3 Å². The lowest BCUT2D eigenvalue weighted by Crippen LogP contribution is -2.57. The number of fused-ring (bicyclic) bond motifs is 1. The van der Waals surface area contributed by atoms with Crippen LogP contribution >= 0.6 is 11.6 Å². The van der Waals surface area contributed by atoms with Gasteiger partial charge in [-0.05, 0) is 63.7 Å². The van der Waals surface area contributed by atoms with E-state index in [-0.39, 0.29) is 11.4 Å². The monoisotopic (exact) mass is 423 g/mol. The van der Waals surface area contributed by atoms with E-state index in [2.05, 4.69) is 35.3 Å². The zero-order valence-electron chi connectivity index (χ0n) is 17.5. The van der Waals surface area contributed by atoms with Crippen LogP contribution in [-0.4, -0.2) is 44.0 Å². The Kier molecular flexibility index (Phi) is 4.56. The second-order valence-electron chi connectivity index (χ2n) is 8.82. The number of halogens is 1. The number of furan rings is 1. The summed E-state index contributed by atoms with van der Waals surface area (Å²) < 4.78 is 5.72. The maximum atomic E-state index is 13.3. The van der Waals surface area contributed by atoms with Crippen molar-refractivity contribution in [1.82, 2.24) is 10.2 Å². The molecule has 1 saturated carbocycles. The molecule has 156 valence electrons. The minimum atomic E-state index is -0.382. The highest BCUT2D eigenvalue weighted by Gasteiger charge is 2.47. The SMILES string of the molecule is Cc1ccc(N2CC(N(C)C)C2)cc1C(=O)NC1(c2ccc(Cl)c3ccoc23)CC1. The highest BCUT2D eigenvalue weighted by atomic mass is 35.5. The lowest BCUT2D eigenvalue weighted by molar-refractivity contribution is 0.0930. The third-order valence-corrected chi connectivity index (χ3v) is 6.93. The molecule has 1 N–H and O–H groups in total. The Labute approximate surface area is 181 Å². The molecule has 0 radical (unpaired) electrons. The topological polar surface area (TPSA) is 48.7 Å². The minimum Gasteiger partial charge on any atom is -0.464 e. The van der Waals surface area contributed by atoms with Crippen molar-refractivity contribution in [2.45, 2.75) is 31.3 Å². The molecule has 30 heavy (non-hydrogen) atoms. The molecule has 0 unspecified atom stereocenters. The number of carbonyl (C=O) groups is 1. The Morgan fingerprint density at radius 1 is 1.20 bits per heavy atom. The van der Waals surface area contributed by atoms with Crippen LogP contribution in [0.4, 0.5) is 5.69 Å². The predicted octanol–water partition coefficient (Wildman–Crippen LogP) is 4.56. The van der Waals surface area contributed by atoms with Gasteiger partial charge in [-0.1, -0.05) is 23.7 Å². The largest absolute Gasteiger partial charge is 0.464 e. The van der Waals surface area contributed by atoms with Gasteiger partial charge in [-0.25, -0.2) is 0 Å². The van der Waals surface area contributed by atoms with Gasteiger partial charge in [0.05, 0.1) is 16.8 Å². The molecule has 0 bridgehead atoms. The minimum absolute atomic E-state index is 0.0359. The van der Waals surface area contributed by atoms with E-state index in [1.54, 1.807) is 6.26 Å². The number of rotatable bonds is 5. The summed E-state index contributed by atoms with van der Waals surface area (Å²) in [6.45, 7) is 3.97. The van der Waals surface area contributed by atoms with Gasteiger partial charge >= 0.3 is 0 Å². The number of hydrogen-bond donors (Lipinski definition) is 1. The molecule has 1 aliphatic carbocycles. The fourth-order valence-electron chi connectivity index (χ4n) is 4.32. The van der Waals surface area contributed by atoms with Gasteiger partial charge in [0.15, 0.2) is 0 Å². The molecule has 0 atom stereocenters. The number of carbonyl (C=O) groups excluding carboxylic acids is 1. The average Bonchev–Trinajstić information content (AvgIpc) is 3.25. The molecule has 1 aromatic heterocycles. The first-order valence-corrected chi connectivity index (χ1v) is 10.8. The lowest BCUT2D eigenvalue weighted by atomic mass is 10.00. The molecule has 3 aromatic rings. The van der Waals surface area contributed by atoms with Crippen molar-refractivity contribution in [2.75, 3.05) is 32.1 Å². The quantitative estimate of drug-likeness (QED) is 0.653. The summed E-state index contributed by atoms with van der Waals surface area (Å²) >= 11 is 6.30. The van der Waals surface area contributed by atoms with Crippen LogP contribution in [0.15, 0.2) is 47.1 Å². The third-order valence-electron chi connectivity index (χ3n) is 6.61. The van der Waals surface area contributed by atoms with Crippen molar-refractivity contribution >= 4 is 34.2 Å². The van der Waals surface area contributed by atoms with E-state index in [9.17, 15) is 4.79 Å². The molecule has 2 aliphatic rings. The van der Waals surface area contributed by atoms with Crippen LogP contribution in [0.5, 0.6) is 0 Å². The van der Waals surface area contributed by atoms with Crippen LogP contribution in [0.3, 0.4) is 0 Å². The highest BCUT2D eigenvalue weighted by Crippen LogP contribution is 2.49. The van der Waals surface area contributed by atoms with Crippen molar-refractivity contribution < 1.29 is 9.21 Å². The van der Waals surface area contributed by atoms with Crippen LogP contribution in [0.1, 0.15) is 34.3 Å². The van der Waals surface area contributed by atoms with E-state index >= 15 is 0 Å². The summed E-state index contributed by atoms with van der Waals surface area (Å²) in [6.07, 6.45) is 3.44. The molecule has 2 aromatic carbocycles. The number of hydrogen-bond acceptors (Lipinski definition) is 4. The van der Waals surface area contributed by atoms with Crippen molar-refractivity contribution in [3.63, 3.8) is 0 Å². The fourth-order valence-corrected chi connectivity index (χ4v) is 4.53. The summed E-state index contributed by atoms with van der Waals surface area (Å²) in [5.41, 5.74) is 4.21. The highest BCUT2D eigenvalue weighted by molar-refractivity contribution is 6.35. The third kappa shape index (κ3) is 3.17. The molecular weight excluding hydrogens is 398 g/mol. The van der Waals surface area contributed by atoms with Crippen LogP contribution < -0.4 is 10.2 Å². The first kappa shape index (κ1) is 19.5. The van der Waals surface area contributed by atoms with Gasteiger partial charge in [0, 0.05) is 41.3 Å². The van der Waals surface area contributed by atoms with E-state index in [0.29, 0.717) is 11.1 Å². The second kappa shape index (κ2) is 7.03. The Bertz CT molecular complexity index is 1130. The standard InChI is InChI=1S/C24H26ClN3O2/c1-15-4-5-16(28-13-17(14-28)27(2)3)12-19(15)23(29)26-24(9-10-24)20-6-7-21(25)18-8-11-30-22(18)20/h4-8,11-12,17H,9-10,13-14H2,1-3H3,(H,26,29). The van der Waals surface area contributed by atoms with Crippen molar-refractivity contribution in [3.8, 4) is 0 Å². The molecule has 1 aliphatic heterocycles. The molecule has 0 spiro atoms. The molecule has 6 heteroatoms. The van der Waals surface area contributed by atoms with Gasteiger partial charge in [0.25, 0.3) is 5.91 Å². The van der Waals surface area contributed by atoms with E-state index in [1.165, 1.54) is 0 Å². The van der Waals surface area contributed by atoms with Crippen LogP contribution in [0.25, 0.3) is 11.0 Å². The second-order valence-corrected chi connectivity index (χ2v) is 9.22. The molecule has 5 nitrogen and oxygen atoms in total. The first-order valence-electron chi connectivity index (χ1n) is 10.4. The summed E-state index contributed by atoms with van der Waals surface area (Å²) in [7, 11) is 4.22. The van der Waals surface area contributed by atoms with Crippen molar-refractivity contribution in [3.05, 3.63) is 64.4 Å². The molecule has 2 fully saturated rings. The van der Waals surface area contributed by atoms with Gasteiger partial charge in [0.2, 0.25) is 0 Å². The lowest BCUT2D eigenvalue weighted by Gasteiger charge is -2.44. The number of likely N-dealkylation sites (N-methyl/N-ethyl adjacent to an activating group) is 1. The maximum Gasteiger partial charge on any atom is 0.252 e. The Morgan fingerprint density at radius 2 is 1.97 bits per heavy atom. The van der Waals surface area contributed by atoms with E-state index < -0.39 is 0 Å². The summed E-state index contributed by atoms with van der Waals surface area (Å²) in [5.74, 6) is -0.0359. The van der Waals surface area contributed by atoms with Gasteiger partial charge < -0.3 is 19.5 Å². The van der Waals surface area contributed by atoms with Crippen LogP contribution in [0.2, 0.25) is 5.02 Å². The number of aryl methyl sites for hydroxylation is 1. The van der Waals surface area contributed by atoms with Crippen molar-refractivity contribution in [2.24, 2.45) is 0 Å². The summed E-state index contributed by atoms with van der Waals surface area (Å²) in [6, 6.07) is 12.5. The molecule has 1 saturated heterocycles. The number of nitrogens with one attached hydrogen (secondary N) is 1. The number of anilines is 1. The zero-order valence-corrected chi connectivity index (χ0v) is 18.3. The molecular formula is C24H26ClN3O2. The van der Waals surface area contributed by atoms with E-state index in [4.69, 9.17) is 16.0 Å². The van der Waals surface area contributed by atoms with Crippen molar-refractivity contribution in [1.29, 1.82) is 0 Å². The Balaban J connectivity index is 1.40. The van der Waals surface area contributed by atoms with E-state index in [0.717, 1.165) is 59.3 Å². The summed E-state index contributed by atoms with van der Waals surface area (Å²) in [5, 5.41) is 4.86. The van der Waals surface area contributed by atoms with Crippen LogP contribution in [0, 0.1) is 6.92 Å². The number of amides is 1. The summed E-state index contributed by atoms with van der Waals surface area (Å²) in [4.78, 5) is 17.9. The predicted molar refractivity (Wildman–Crippen MR) is 120 cm³/mol. The normalized spacial score (nSPS) is 18.0. The molecule has 2 heterocycles. The number of nitrogens with zero attached hydrogens (tertiary/aromatic N) is 2. The molecule has 1 amide bonds. The fraction of sp³-hybridized carbons (Fsp3) is 0.375. The molecule has 5 rings (SSSR count). The van der Waals surface area contributed by atoms with Gasteiger partial charge in [-0.15, -0.1) is 0 Å². The van der Waals surface area contributed by atoms with Gasteiger partial charge in [0.1, 0.15) is 5.58 Å². The van der Waals surface area contributed by atoms with Gasteiger partial charge in [-0.2, -0.15) is 0 Å². The maximum absolute atomic E-state index is 13.3. The first-order chi connectivity index (χ1) is 14.4.